The Morgan fingerprint density at radius 3 is 2.89 bits per heavy atom. The second-order valence-electron chi connectivity index (χ2n) is 6.46. The number of nitrogens with zero attached hydrogens (tertiary/aromatic N) is 4. The van der Waals surface area contributed by atoms with Crippen LogP contribution in [-0.2, 0) is 22.5 Å². The van der Waals surface area contributed by atoms with E-state index in [-0.39, 0.29) is 12.5 Å². The van der Waals surface area contributed by atoms with Crippen LogP contribution in [0.15, 0.2) is 42.5 Å². The molecule has 3 aromatic rings. The van der Waals surface area contributed by atoms with Gasteiger partial charge in [0.25, 0.3) is 5.91 Å². The highest BCUT2D eigenvalue weighted by Crippen LogP contribution is 2.26. The number of esters is 1. The molecule has 0 bridgehead atoms. The Bertz CT molecular complexity index is 1010. The standard InChI is InChI=1S/C20H20N4O3/c1-2-24-18-10-9-15(12-16(18)21-22-24)20(26)27-13-19(25)23-11-5-7-14-6-3-4-8-17(14)23/h3-4,6,8-10,12H,2,5,7,11,13H2,1H3. The van der Waals surface area contributed by atoms with E-state index < -0.39 is 5.97 Å². The van der Waals surface area contributed by atoms with E-state index in [1.165, 1.54) is 0 Å². The minimum absolute atomic E-state index is 0.214. The molecule has 1 aromatic heterocycles. The number of aryl methyl sites for hydroxylation is 2. The van der Waals surface area contributed by atoms with Gasteiger partial charge in [-0.2, -0.15) is 0 Å². The lowest BCUT2D eigenvalue weighted by atomic mass is 10.0. The lowest BCUT2D eigenvalue weighted by Crippen LogP contribution is -2.38. The zero-order valence-electron chi connectivity index (χ0n) is 15.1. The third kappa shape index (κ3) is 3.28. The Morgan fingerprint density at radius 1 is 1.19 bits per heavy atom. The molecule has 0 saturated heterocycles. The van der Waals surface area contributed by atoms with E-state index in [9.17, 15) is 9.59 Å². The van der Waals surface area contributed by atoms with Gasteiger partial charge in [-0.1, -0.05) is 23.4 Å². The zero-order chi connectivity index (χ0) is 18.8. The molecule has 0 N–H and O–H groups in total. The summed E-state index contributed by atoms with van der Waals surface area (Å²) < 4.78 is 7.01. The Balaban J connectivity index is 1.44. The molecule has 0 radical (unpaired) electrons. The molecule has 4 rings (SSSR count). The van der Waals surface area contributed by atoms with Crippen molar-refractivity contribution in [3.05, 3.63) is 53.6 Å². The van der Waals surface area contributed by atoms with Gasteiger partial charge < -0.3 is 9.64 Å². The lowest BCUT2D eigenvalue weighted by molar-refractivity contribution is -0.121. The van der Waals surface area contributed by atoms with Crippen molar-refractivity contribution in [2.45, 2.75) is 26.3 Å². The summed E-state index contributed by atoms with van der Waals surface area (Å²) in [7, 11) is 0. The highest BCUT2D eigenvalue weighted by Gasteiger charge is 2.23. The van der Waals surface area contributed by atoms with Crippen LogP contribution in [0.4, 0.5) is 5.69 Å². The third-order valence-corrected chi connectivity index (χ3v) is 4.79. The number of aromatic nitrogens is 3. The topological polar surface area (TPSA) is 77.3 Å². The van der Waals surface area contributed by atoms with Gasteiger partial charge in [-0.3, -0.25) is 4.79 Å². The molecule has 2 aromatic carbocycles. The predicted molar refractivity (Wildman–Crippen MR) is 101 cm³/mol. The van der Waals surface area contributed by atoms with Crippen molar-refractivity contribution in [3.8, 4) is 0 Å². The first-order valence-corrected chi connectivity index (χ1v) is 9.06. The number of para-hydroxylation sites is 1. The molecular weight excluding hydrogens is 344 g/mol. The first-order valence-electron chi connectivity index (χ1n) is 9.06. The lowest BCUT2D eigenvalue weighted by Gasteiger charge is -2.29. The van der Waals surface area contributed by atoms with Crippen molar-refractivity contribution in [1.29, 1.82) is 0 Å². The van der Waals surface area contributed by atoms with Crippen LogP contribution in [0.1, 0.15) is 29.3 Å². The van der Waals surface area contributed by atoms with Gasteiger partial charge in [0.2, 0.25) is 0 Å². The fourth-order valence-electron chi connectivity index (χ4n) is 3.41. The van der Waals surface area contributed by atoms with Gasteiger partial charge in [-0.05, 0) is 49.6 Å². The number of benzene rings is 2. The number of fused-ring (bicyclic) bond motifs is 2. The zero-order valence-corrected chi connectivity index (χ0v) is 15.1. The number of anilines is 1. The monoisotopic (exact) mass is 364 g/mol. The molecule has 1 aliphatic rings. The molecule has 0 spiro atoms. The van der Waals surface area contributed by atoms with Gasteiger partial charge in [0.05, 0.1) is 11.1 Å². The molecule has 0 aliphatic carbocycles. The average molecular weight is 364 g/mol. The van der Waals surface area contributed by atoms with Gasteiger partial charge in [-0.15, -0.1) is 5.10 Å². The quantitative estimate of drug-likeness (QED) is 0.665. The van der Waals surface area contributed by atoms with Crippen LogP contribution in [0.5, 0.6) is 0 Å². The van der Waals surface area contributed by atoms with Crippen molar-refractivity contribution in [2.24, 2.45) is 0 Å². The number of carbonyl (C=O) groups is 2. The van der Waals surface area contributed by atoms with Crippen LogP contribution >= 0.6 is 0 Å². The van der Waals surface area contributed by atoms with Crippen molar-refractivity contribution < 1.29 is 14.3 Å². The Labute approximate surface area is 156 Å². The van der Waals surface area contributed by atoms with Crippen molar-refractivity contribution in [1.82, 2.24) is 15.0 Å². The second-order valence-corrected chi connectivity index (χ2v) is 6.46. The minimum atomic E-state index is -0.540. The number of carbonyl (C=O) groups excluding carboxylic acids is 2. The molecule has 1 aliphatic heterocycles. The van der Waals surface area contributed by atoms with E-state index in [1.54, 1.807) is 27.8 Å². The first-order chi connectivity index (χ1) is 13.2. The Hall–Kier alpha value is -3.22. The summed E-state index contributed by atoms with van der Waals surface area (Å²) >= 11 is 0. The van der Waals surface area contributed by atoms with Gasteiger partial charge >= 0.3 is 5.97 Å². The van der Waals surface area contributed by atoms with Crippen molar-refractivity contribution in [2.75, 3.05) is 18.1 Å². The summed E-state index contributed by atoms with van der Waals surface area (Å²) in [6.07, 6.45) is 1.86. The van der Waals surface area contributed by atoms with Crippen LogP contribution in [-0.4, -0.2) is 40.0 Å². The molecule has 7 nitrogen and oxygen atoms in total. The molecular formula is C20H20N4O3. The predicted octanol–water partition coefficient (Wildman–Crippen LogP) is 2.59. The molecule has 0 unspecified atom stereocenters. The van der Waals surface area contributed by atoms with Crippen LogP contribution in [0, 0.1) is 0 Å². The number of hydrogen-bond donors (Lipinski definition) is 0. The number of amides is 1. The summed E-state index contributed by atoms with van der Waals surface area (Å²) in [5.41, 5.74) is 3.89. The van der Waals surface area contributed by atoms with Gasteiger partial charge in [0, 0.05) is 18.8 Å². The maximum atomic E-state index is 12.6. The first kappa shape index (κ1) is 17.2. The van der Waals surface area contributed by atoms with E-state index in [4.69, 9.17) is 4.74 Å². The fourth-order valence-corrected chi connectivity index (χ4v) is 3.41. The van der Waals surface area contributed by atoms with Crippen LogP contribution in [0.2, 0.25) is 0 Å². The Morgan fingerprint density at radius 2 is 2.04 bits per heavy atom. The SMILES string of the molecule is CCn1nnc2cc(C(=O)OCC(=O)N3CCCc4ccccc43)ccc21. The molecule has 138 valence electrons. The molecule has 0 fully saturated rings. The molecule has 0 saturated carbocycles. The normalized spacial score (nSPS) is 13.4. The fraction of sp³-hybridized carbons (Fsp3) is 0.300. The molecule has 27 heavy (non-hydrogen) atoms. The van der Waals surface area contributed by atoms with Crippen molar-refractivity contribution >= 4 is 28.6 Å². The maximum Gasteiger partial charge on any atom is 0.338 e. The van der Waals surface area contributed by atoms with Crippen LogP contribution in [0.25, 0.3) is 11.0 Å². The molecule has 0 atom stereocenters. The highest BCUT2D eigenvalue weighted by molar-refractivity contribution is 5.98. The average Bonchev–Trinajstić information content (AvgIpc) is 3.13. The summed E-state index contributed by atoms with van der Waals surface area (Å²) in [4.78, 5) is 26.6. The maximum absolute atomic E-state index is 12.6. The van der Waals surface area contributed by atoms with E-state index in [0.717, 1.165) is 29.6 Å². The van der Waals surface area contributed by atoms with E-state index in [2.05, 4.69) is 10.3 Å². The minimum Gasteiger partial charge on any atom is -0.452 e. The largest absolute Gasteiger partial charge is 0.452 e. The van der Waals surface area contributed by atoms with Gasteiger partial charge in [-0.25, -0.2) is 9.48 Å². The third-order valence-electron chi connectivity index (χ3n) is 4.79. The molecule has 7 heteroatoms. The second kappa shape index (κ2) is 7.19. The van der Waals surface area contributed by atoms with E-state index >= 15 is 0 Å². The summed E-state index contributed by atoms with van der Waals surface area (Å²) in [6.45, 7) is 3.03. The van der Waals surface area contributed by atoms with Crippen LogP contribution in [0.3, 0.4) is 0 Å². The smallest absolute Gasteiger partial charge is 0.338 e. The van der Waals surface area contributed by atoms with Gasteiger partial charge in [0.1, 0.15) is 5.52 Å². The Kier molecular flexibility index (Phi) is 4.58. The van der Waals surface area contributed by atoms with E-state index in [1.807, 2.05) is 31.2 Å². The molecule has 2 heterocycles. The summed E-state index contributed by atoms with van der Waals surface area (Å²) in [5.74, 6) is -0.755. The number of rotatable bonds is 4. The number of hydrogen-bond acceptors (Lipinski definition) is 5. The highest BCUT2D eigenvalue weighted by atomic mass is 16.5. The van der Waals surface area contributed by atoms with E-state index in [0.29, 0.717) is 24.2 Å². The molecule has 1 amide bonds. The number of ether oxygens (including phenoxy) is 1. The van der Waals surface area contributed by atoms with Gasteiger partial charge in [0.15, 0.2) is 6.61 Å². The van der Waals surface area contributed by atoms with Crippen molar-refractivity contribution in [3.63, 3.8) is 0 Å². The summed E-state index contributed by atoms with van der Waals surface area (Å²) in [6, 6.07) is 12.9. The van der Waals surface area contributed by atoms with Crippen LogP contribution < -0.4 is 4.90 Å². The summed E-state index contributed by atoms with van der Waals surface area (Å²) in [5, 5.41) is 8.08.